The molecule has 2 atom stereocenters. The predicted molar refractivity (Wildman–Crippen MR) is 88.2 cm³/mol. The summed E-state index contributed by atoms with van der Waals surface area (Å²) in [6.07, 6.45) is 3.79. The van der Waals surface area contributed by atoms with Gasteiger partial charge in [0.2, 0.25) is 0 Å². The molecule has 0 aliphatic carbocycles. The molecule has 1 fully saturated rings. The lowest BCUT2D eigenvalue weighted by Gasteiger charge is -2.36. The highest BCUT2D eigenvalue weighted by atomic mass is 79.9. The van der Waals surface area contributed by atoms with Crippen molar-refractivity contribution in [3.8, 4) is 0 Å². The van der Waals surface area contributed by atoms with Crippen molar-refractivity contribution < 1.29 is 4.74 Å². The molecule has 4 heteroatoms. The minimum atomic E-state index is 0.0411. The van der Waals surface area contributed by atoms with Crippen LogP contribution < -0.4 is 10.6 Å². The van der Waals surface area contributed by atoms with Gasteiger partial charge in [-0.3, -0.25) is 0 Å². The third-order valence-electron chi connectivity index (χ3n) is 3.76. The molecule has 1 aromatic carbocycles. The Labute approximate surface area is 130 Å². The van der Waals surface area contributed by atoms with Crippen LogP contribution in [0.15, 0.2) is 22.7 Å². The standard InChI is InChI=1S/C16H25BrN2O/c1-3-9-20-14-5-4-8-19(11-14)16-7-6-13(17)10-15(16)12(2)18/h6-7,10,12,14H,3-5,8-9,11,18H2,1-2H3. The third-order valence-corrected chi connectivity index (χ3v) is 4.25. The molecular formula is C16H25BrN2O. The van der Waals surface area contributed by atoms with Crippen LogP contribution in [-0.2, 0) is 4.74 Å². The second kappa shape index (κ2) is 7.43. The maximum absolute atomic E-state index is 6.13. The van der Waals surface area contributed by atoms with Gasteiger partial charge in [0.25, 0.3) is 0 Å². The first-order valence-electron chi connectivity index (χ1n) is 7.53. The topological polar surface area (TPSA) is 38.5 Å². The molecule has 0 aromatic heterocycles. The zero-order valence-corrected chi connectivity index (χ0v) is 14.0. The van der Waals surface area contributed by atoms with Gasteiger partial charge in [-0.2, -0.15) is 0 Å². The van der Waals surface area contributed by atoms with Gasteiger partial charge in [-0.05, 0) is 49.9 Å². The number of piperidine rings is 1. The van der Waals surface area contributed by atoms with Gasteiger partial charge in [-0.15, -0.1) is 0 Å². The normalized spacial score (nSPS) is 21.0. The number of nitrogens with two attached hydrogens (primary N) is 1. The average molecular weight is 341 g/mol. The van der Waals surface area contributed by atoms with Crippen LogP contribution in [0.5, 0.6) is 0 Å². The summed E-state index contributed by atoms with van der Waals surface area (Å²) < 4.78 is 7.01. The quantitative estimate of drug-likeness (QED) is 0.884. The van der Waals surface area contributed by atoms with E-state index in [1.165, 1.54) is 24.1 Å². The van der Waals surface area contributed by atoms with Crippen LogP contribution in [0.4, 0.5) is 5.69 Å². The van der Waals surface area contributed by atoms with E-state index in [2.05, 4.69) is 46.0 Å². The molecule has 0 spiro atoms. The summed E-state index contributed by atoms with van der Waals surface area (Å²) in [6, 6.07) is 6.44. The Hall–Kier alpha value is -0.580. The van der Waals surface area contributed by atoms with Gasteiger partial charge in [0.15, 0.2) is 0 Å². The van der Waals surface area contributed by atoms with Crippen LogP contribution >= 0.6 is 15.9 Å². The summed E-state index contributed by atoms with van der Waals surface area (Å²) >= 11 is 3.54. The van der Waals surface area contributed by atoms with E-state index in [0.29, 0.717) is 6.10 Å². The Bertz CT molecular complexity index is 436. The van der Waals surface area contributed by atoms with Crippen molar-refractivity contribution in [1.82, 2.24) is 0 Å². The highest BCUT2D eigenvalue weighted by Gasteiger charge is 2.22. The van der Waals surface area contributed by atoms with Crippen LogP contribution in [0.2, 0.25) is 0 Å². The lowest BCUT2D eigenvalue weighted by atomic mass is 10.0. The predicted octanol–water partition coefficient (Wildman–Crippen LogP) is 3.86. The molecule has 112 valence electrons. The first-order valence-corrected chi connectivity index (χ1v) is 8.32. The third kappa shape index (κ3) is 3.96. The summed E-state index contributed by atoms with van der Waals surface area (Å²) in [5, 5.41) is 0. The van der Waals surface area contributed by atoms with Crippen molar-refractivity contribution in [3.05, 3.63) is 28.2 Å². The van der Waals surface area contributed by atoms with Crippen LogP contribution in [0.1, 0.15) is 44.7 Å². The zero-order chi connectivity index (χ0) is 14.5. The maximum atomic E-state index is 6.13. The molecule has 1 aliphatic heterocycles. The molecule has 3 nitrogen and oxygen atoms in total. The van der Waals surface area contributed by atoms with E-state index in [0.717, 1.165) is 30.6 Å². The van der Waals surface area contributed by atoms with E-state index in [4.69, 9.17) is 10.5 Å². The number of benzene rings is 1. The molecular weight excluding hydrogens is 316 g/mol. The highest BCUT2D eigenvalue weighted by molar-refractivity contribution is 9.10. The van der Waals surface area contributed by atoms with Crippen LogP contribution in [0.25, 0.3) is 0 Å². The number of halogens is 1. The minimum Gasteiger partial charge on any atom is -0.376 e. The number of nitrogens with zero attached hydrogens (tertiary/aromatic N) is 1. The Morgan fingerprint density at radius 3 is 3.00 bits per heavy atom. The van der Waals surface area contributed by atoms with Crippen molar-refractivity contribution in [2.45, 2.75) is 45.3 Å². The monoisotopic (exact) mass is 340 g/mol. The summed E-state index contributed by atoms with van der Waals surface area (Å²) in [7, 11) is 0. The highest BCUT2D eigenvalue weighted by Crippen LogP contribution is 2.31. The van der Waals surface area contributed by atoms with E-state index in [-0.39, 0.29) is 6.04 Å². The van der Waals surface area contributed by atoms with Gasteiger partial charge in [0.1, 0.15) is 0 Å². The van der Waals surface area contributed by atoms with Crippen LogP contribution in [0.3, 0.4) is 0 Å². The fourth-order valence-electron chi connectivity index (χ4n) is 2.76. The van der Waals surface area contributed by atoms with E-state index in [1.54, 1.807) is 0 Å². The van der Waals surface area contributed by atoms with Crippen molar-refractivity contribution in [2.75, 3.05) is 24.6 Å². The van der Waals surface area contributed by atoms with Gasteiger partial charge < -0.3 is 15.4 Å². The number of rotatable bonds is 5. The summed E-state index contributed by atoms with van der Waals surface area (Å²) in [6.45, 7) is 7.12. The van der Waals surface area contributed by atoms with Gasteiger partial charge >= 0.3 is 0 Å². The van der Waals surface area contributed by atoms with Crippen molar-refractivity contribution in [2.24, 2.45) is 5.73 Å². The molecule has 2 N–H and O–H groups in total. The molecule has 1 saturated heterocycles. The van der Waals surface area contributed by atoms with Crippen molar-refractivity contribution >= 4 is 21.6 Å². The molecule has 0 saturated carbocycles. The Balaban J connectivity index is 2.14. The fourth-order valence-corrected chi connectivity index (χ4v) is 3.13. The Kier molecular flexibility index (Phi) is 5.87. The van der Waals surface area contributed by atoms with Gasteiger partial charge in [0, 0.05) is 35.9 Å². The van der Waals surface area contributed by atoms with Crippen LogP contribution in [-0.4, -0.2) is 25.8 Å². The van der Waals surface area contributed by atoms with Crippen molar-refractivity contribution in [3.63, 3.8) is 0 Å². The number of hydrogen-bond acceptors (Lipinski definition) is 3. The summed E-state index contributed by atoms with van der Waals surface area (Å²) in [4.78, 5) is 2.43. The van der Waals surface area contributed by atoms with Crippen LogP contribution in [0, 0.1) is 0 Å². The lowest BCUT2D eigenvalue weighted by molar-refractivity contribution is 0.0440. The first-order chi connectivity index (χ1) is 9.61. The summed E-state index contributed by atoms with van der Waals surface area (Å²) in [5.74, 6) is 0. The number of hydrogen-bond donors (Lipinski definition) is 1. The van der Waals surface area contributed by atoms with E-state index < -0.39 is 0 Å². The van der Waals surface area contributed by atoms with Gasteiger partial charge in [-0.1, -0.05) is 22.9 Å². The van der Waals surface area contributed by atoms with Gasteiger partial charge in [-0.25, -0.2) is 0 Å². The van der Waals surface area contributed by atoms with Crippen molar-refractivity contribution in [1.29, 1.82) is 0 Å². The van der Waals surface area contributed by atoms with E-state index in [9.17, 15) is 0 Å². The van der Waals surface area contributed by atoms with E-state index >= 15 is 0 Å². The molecule has 20 heavy (non-hydrogen) atoms. The SMILES string of the molecule is CCCOC1CCCN(c2ccc(Br)cc2C(C)N)C1. The second-order valence-electron chi connectivity index (χ2n) is 5.57. The first kappa shape index (κ1) is 15.8. The van der Waals surface area contributed by atoms with E-state index in [1.807, 2.05) is 6.92 Å². The molecule has 1 aliphatic rings. The molecule has 1 heterocycles. The zero-order valence-electron chi connectivity index (χ0n) is 12.4. The fraction of sp³-hybridized carbons (Fsp3) is 0.625. The summed E-state index contributed by atoms with van der Waals surface area (Å²) in [5.41, 5.74) is 8.59. The molecule has 0 radical (unpaired) electrons. The Morgan fingerprint density at radius 2 is 2.30 bits per heavy atom. The second-order valence-corrected chi connectivity index (χ2v) is 6.49. The maximum Gasteiger partial charge on any atom is 0.0750 e. The molecule has 0 bridgehead atoms. The molecule has 0 amide bonds. The largest absolute Gasteiger partial charge is 0.376 e. The average Bonchev–Trinajstić information content (AvgIpc) is 2.45. The Morgan fingerprint density at radius 1 is 1.50 bits per heavy atom. The number of ether oxygens (including phenoxy) is 1. The van der Waals surface area contributed by atoms with Gasteiger partial charge in [0.05, 0.1) is 6.10 Å². The lowest BCUT2D eigenvalue weighted by Crippen LogP contribution is -2.40. The molecule has 2 rings (SSSR count). The molecule has 1 aromatic rings. The molecule has 2 unspecified atom stereocenters. The smallest absolute Gasteiger partial charge is 0.0750 e. The number of anilines is 1. The minimum absolute atomic E-state index is 0.0411.